The summed E-state index contributed by atoms with van der Waals surface area (Å²) >= 11 is 7.70. The summed E-state index contributed by atoms with van der Waals surface area (Å²) in [6.07, 6.45) is 4.55. The van der Waals surface area contributed by atoms with E-state index in [-0.39, 0.29) is 11.4 Å². The van der Waals surface area contributed by atoms with Crippen LogP contribution in [0.15, 0.2) is 36.2 Å². The van der Waals surface area contributed by atoms with Crippen molar-refractivity contribution < 1.29 is 19.2 Å². The Bertz CT molecular complexity index is 1050. The molecule has 2 fully saturated rings. The van der Waals surface area contributed by atoms with Crippen LogP contribution in [0.2, 0.25) is 5.02 Å². The molecule has 3 aliphatic rings. The third-order valence-electron chi connectivity index (χ3n) is 7.24. The lowest BCUT2D eigenvalue weighted by Crippen LogP contribution is -2.41. The van der Waals surface area contributed by atoms with Gasteiger partial charge in [0.25, 0.3) is 0 Å². The Labute approximate surface area is 210 Å². The first-order valence-corrected chi connectivity index (χ1v) is 13.1. The maximum Gasteiger partial charge on any atom is 0.472 e. The number of rotatable bonds is 5. The summed E-state index contributed by atoms with van der Waals surface area (Å²) in [7, 11) is -0.399. The van der Waals surface area contributed by atoms with E-state index in [1.165, 1.54) is 0 Å². The SMILES string of the molecule is CC1(C)OB(C2CC(C(O)c3ccc(Cl)cc3)=C(c3ncn(C4CCCCO4)n3)S2)OC1(C)C. The summed E-state index contributed by atoms with van der Waals surface area (Å²) in [5, 5.41) is 16.8. The number of aromatic nitrogens is 3. The number of aliphatic hydroxyl groups excluding tert-OH is 1. The van der Waals surface area contributed by atoms with E-state index in [1.54, 1.807) is 34.9 Å². The first-order chi connectivity index (χ1) is 16.1. The van der Waals surface area contributed by atoms with Crippen molar-refractivity contribution in [3.05, 3.63) is 52.6 Å². The molecule has 2 aromatic rings. The number of thioether (sulfide) groups is 1. The van der Waals surface area contributed by atoms with Crippen molar-refractivity contribution in [3.8, 4) is 0 Å². The van der Waals surface area contributed by atoms with E-state index in [0.29, 0.717) is 17.3 Å². The van der Waals surface area contributed by atoms with Crippen LogP contribution in [-0.4, -0.2) is 49.9 Å². The van der Waals surface area contributed by atoms with Gasteiger partial charge in [-0.2, -0.15) is 0 Å². The second-order valence-electron chi connectivity index (χ2n) is 10.2. The largest absolute Gasteiger partial charge is 0.472 e. The lowest BCUT2D eigenvalue weighted by molar-refractivity contribution is -0.0397. The summed E-state index contributed by atoms with van der Waals surface area (Å²) in [5.41, 5.74) is 0.804. The second-order valence-corrected chi connectivity index (χ2v) is 11.8. The Morgan fingerprint density at radius 1 is 1.15 bits per heavy atom. The Morgan fingerprint density at radius 3 is 2.50 bits per heavy atom. The van der Waals surface area contributed by atoms with Gasteiger partial charge in [0.1, 0.15) is 12.4 Å². The highest BCUT2D eigenvalue weighted by molar-refractivity contribution is 8.10. The molecule has 0 aliphatic carbocycles. The van der Waals surface area contributed by atoms with Crippen LogP contribution in [0.25, 0.3) is 4.91 Å². The molecular formula is C24H31BClN3O4S. The number of benzene rings is 1. The molecule has 0 spiro atoms. The molecule has 182 valence electrons. The third kappa shape index (κ3) is 4.58. The van der Waals surface area contributed by atoms with Crippen LogP contribution in [0.3, 0.4) is 0 Å². The molecule has 3 aliphatic heterocycles. The zero-order valence-electron chi connectivity index (χ0n) is 20.0. The average molecular weight is 504 g/mol. The number of nitrogens with zero attached hydrogens (tertiary/aromatic N) is 3. The molecule has 1 aromatic heterocycles. The van der Waals surface area contributed by atoms with Crippen molar-refractivity contribution in [2.45, 2.75) is 82.1 Å². The topological polar surface area (TPSA) is 78.6 Å². The molecule has 5 rings (SSSR count). The fourth-order valence-electron chi connectivity index (χ4n) is 4.50. The van der Waals surface area contributed by atoms with Gasteiger partial charge in [-0.25, -0.2) is 9.67 Å². The molecular weight excluding hydrogens is 473 g/mol. The first-order valence-electron chi connectivity index (χ1n) is 11.9. The minimum absolute atomic E-state index is 0.0223. The molecule has 2 saturated heterocycles. The van der Waals surface area contributed by atoms with Crippen molar-refractivity contribution in [1.82, 2.24) is 14.8 Å². The van der Waals surface area contributed by atoms with E-state index in [1.807, 2.05) is 12.1 Å². The first kappa shape index (κ1) is 24.3. The Balaban J connectivity index is 1.45. The highest BCUT2D eigenvalue weighted by Gasteiger charge is 2.55. The number of ether oxygens (including phenoxy) is 1. The molecule has 1 N–H and O–H groups in total. The Morgan fingerprint density at radius 2 is 1.85 bits per heavy atom. The summed E-state index contributed by atoms with van der Waals surface area (Å²) in [4.78, 5) is 5.48. The number of halogens is 1. The Kier molecular flexibility index (Phi) is 6.63. The van der Waals surface area contributed by atoms with Gasteiger partial charge < -0.3 is 19.2 Å². The minimum Gasteiger partial charge on any atom is -0.402 e. The molecule has 0 saturated carbocycles. The summed E-state index contributed by atoms with van der Waals surface area (Å²) in [6, 6.07) is 7.29. The van der Waals surface area contributed by atoms with Crippen LogP contribution < -0.4 is 0 Å². The molecule has 4 heterocycles. The van der Waals surface area contributed by atoms with Gasteiger partial charge >= 0.3 is 7.12 Å². The van der Waals surface area contributed by atoms with Gasteiger partial charge in [0.15, 0.2) is 12.1 Å². The minimum atomic E-state index is -0.801. The highest BCUT2D eigenvalue weighted by atomic mass is 35.5. The second kappa shape index (κ2) is 9.26. The van der Waals surface area contributed by atoms with Gasteiger partial charge in [0.05, 0.1) is 16.1 Å². The summed E-state index contributed by atoms with van der Waals surface area (Å²) in [5.74, 6) is 0.598. The smallest absolute Gasteiger partial charge is 0.402 e. The van der Waals surface area contributed by atoms with Crippen molar-refractivity contribution >= 4 is 35.4 Å². The zero-order valence-corrected chi connectivity index (χ0v) is 21.6. The number of hydrogen-bond donors (Lipinski definition) is 1. The molecule has 7 nitrogen and oxygen atoms in total. The maximum atomic E-state index is 11.4. The molecule has 10 heteroatoms. The quantitative estimate of drug-likeness (QED) is 0.561. The zero-order chi connectivity index (χ0) is 24.1. The van der Waals surface area contributed by atoms with E-state index in [0.717, 1.165) is 41.9 Å². The lowest BCUT2D eigenvalue weighted by Gasteiger charge is -2.32. The Hall–Kier alpha value is -1.36. The van der Waals surface area contributed by atoms with E-state index in [9.17, 15) is 5.11 Å². The van der Waals surface area contributed by atoms with Crippen molar-refractivity contribution in [2.24, 2.45) is 0 Å². The van der Waals surface area contributed by atoms with Gasteiger partial charge in [-0.3, -0.25) is 0 Å². The molecule has 34 heavy (non-hydrogen) atoms. The van der Waals surface area contributed by atoms with E-state index < -0.39 is 24.4 Å². The summed E-state index contributed by atoms with van der Waals surface area (Å²) < 4.78 is 20.4. The van der Waals surface area contributed by atoms with E-state index in [2.05, 4.69) is 32.7 Å². The number of aliphatic hydroxyl groups is 1. The molecule has 0 radical (unpaired) electrons. The fraction of sp³-hybridized carbons (Fsp3) is 0.583. The summed E-state index contributed by atoms with van der Waals surface area (Å²) in [6.45, 7) is 8.95. The predicted molar refractivity (Wildman–Crippen MR) is 134 cm³/mol. The molecule has 0 bridgehead atoms. The van der Waals surface area contributed by atoms with Crippen LogP contribution >= 0.6 is 23.4 Å². The van der Waals surface area contributed by atoms with Crippen molar-refractivity contribution in [2.75, 3.05) is 6.61 Å². The standard InChI is InChI=1S/C24H31BClN3O4S/c1-23(2)24(3,4)33-25(32-23)18-13-17(20(30)15-8-10-16(26)11-9-15)21(34-18)22-27-14-29(28-22)19-7-5-6-12-31-19/h8-11,14,18-20,30H,5-7,12-13H2,1-4H3. The van der Waals surface area contributed by atoms with E-state index in [4.69, 9.17) is 30.7 Å². The van der Waals surface area contributed by atoms with Gasteiger partial charge in [-0.15, -0.1) is 16.9 Å². The highest BCUT2D eigenvalue weighted by Crippen LogP contribution is 2.51. The molecule has 3 atom stereocenters. The van der Waals surface area contributed by atoms with Crippen LogP contribution in [0, 0.1) is 0 Å². The van der Waals surface area contributed by atoms with E-state index >= 15 is 0 Å². The predicted octanol–water partition coefficient (Wildman–Crippen LogP) is 5.21. The van der Waals surface area contributed by atoms with Gasteiger partial charge in [0.2, 0.25) is 0 Å². The van der Waals surface area contributed by atoms with Crippen LogP contribution in [-0.2, 0) is 14.0 Å². The van der Waals surface area contributed by atoms with Gasteiger partial charge in [0, 0.05) is 16.8 Å². The van der Waals surface area contributed by atoms with Gasteiger partial charge in [-0.1, -0.05) is 23.7 Å². The van der Waals surface area contributed by atoms with Crippen LogP contribution in [0.4, 0.5) is 0 Å². The number of hydrogen-bond acceptors (Lipinski definition) is 7. The van der Waals surface area contributed by atoms with Crippen LogP contribution in [0.5, 0.6) is 0 Å². The monoisotopic (exact) mass is 503 g/mol. The third-order valence-corrected chi connectivity index (χ3v) is 8.86. The van der Waals surface area contributed by atoms with Crippen molar-refractivity contribution in [3.63, 3.8) is 0 Å². The molecule has 0 amide bonds. The normalized spacial score (nSPS) is 27.4. The fourth-order valence-corrected chi connectivity index (χ4v) is 5.96. The van der Waals surface area contributed by atoms with Crippen molar-refractivity contribution in [1.29, 1.82) is 0 Å². The maximum absolute atomic E-state index is 11.4. The van der Waals surface area contributed by atoms with Gasteiger partial charge in [-0.05, 0) is 76.6 Å². The van der Waals surface area contributed by atoms with Crippen LogP contribution in [0.1, 0.15) is 77.1 Å². The molecule has 3 unspecified atom stereocenters. The molecule has 1 aromatic carbocycles. The average Bonchev–Trinajstić information content (AvgIpc) is 3.51. The lowest BCUT2D eigenvalue weighted by atomic mass is 9.79.